The van der Waals surface area contributed by atoms with Gasteiger partial charge in [0.1, 0.15) is 5.75 Å². The molecule has 0 unspecified atom stereocenters. The largest absolute Gasteiger partial charge is 0.423 e. The number of hydrogen-bond acceptors (Lipinski definition) is 3. The number of rotatable bonds is 9. The summed E-state index contributed by atoms with van der Waals surface area (Å²) in [6.07, 6.45) is 10.8. The van der Waals surface area contributed by atoms with E-state index >= 15 is 0 Å². The van der Waals surface area contributed by atoms with Gasteiger partial charge in [0.15, 0.2) is 0 Å². The Kier molecular flexibility index (Phi) is 8.94. The van der Waals surface area contributed by atoms with Crippen LogP contribution in [0.25, 0.3) is 11.1 Å². The second kappa shape index (κ2) is 12.5. The van der Waals surface area contributed by atoms with E-state index in [-0.39, 0.29) is 5.91 Å². The first-order valence-corrected chi connectivity index (χ1v) is 13.3. The lowest BCUT2D eigenvalue weighted by atomic mass is 9.77. The fourth-order valence-corrected chi connectivity index (χ4v) is 5.20. The van der Waals surface area contributed by atoms with E-state index in [4.69, 9.17) is 4.74 Å². The SMILES string of the molecule is CCCCCC1CCC(c2ccc(-c3ccc(C(=O)Oc4ccc(C(=O)NC)cc4)cc3)cc2)CC1. The minimum atomic E-state index is -0.421. The molecular formula is C32H37NO3. The molecule has 0 aromatic heterocycles. The summed E-state index contributed by atoms with van der Waals surface area (Å²) < 4.78 is 5.46. The Bertz CT molecular complexity index is 1130. The van der Waals surface area contributed by atoms with E-state index in [1.807, 2.05) is 12.1 Å². The van der Waals surface area contributed by atoms with E-state index in [1.54, 1.807) is 43.4 Å². The van der Waals surface area contributed by atoms with E-state index in [2.05, 4.69) is 36.5 Å². The zero-order chi connectivity index (χ0) is 25.3. The van der Waals surface area contributed by atoms with Crippen molar-refractivity contribution in [1.82, 2.24) is 5.32 Å². The zero-order valence-corrected chi connectivity index (χ0v) is 21.5. The predicted molar refractivity (Wildman–Crippen MR) is 146 cm³/mol. The summed E-state index contributed by atoms with van der Waals surface area (Å²) in [6, 6.07) is 23.0. The van der Waals surface area contributed by atoms with Crippen LogP contribution in [-0.4, -0.2) is 18.9 Å². The normalized spacial score (nSPS) is 17.4. The highest BCUT2D eigenvalue weighted by Gasteiger charge is 2.22. The van der Waals surface area contributed by atoms with Gasteiger partial charge < -0.3 is 10.1 Å². The molecule has 0 atom stereocenters. The first-order valence-electron chi connectivity index (χ1n) is 13.3. The maximum Gasteiger partial charge on any atom is 0.343 e. The molecule has 0 aliphatic heterocycles. The standard InChI is InChI=1S/C32H37NO3/c1-3-4-5-6-23-7-9-24(10-8-23)25-11-13-26(14-12-25)27-15-17-29(18-16-27)32(35)36-30-21-19-28(20-22-30)31(34)33-2/h11-24H,3-10H2,1-2H3,(H,33,34). The molecule has 4 nitrogen and oxygen atoms in total. The number of esters is 1. The molecule has 0 heterocycles. The lowest BCUT2D eigenvalue weighted by Gasteiger charge is -2.29. The van der Waals surface area contributed by atoms with Crippen molar-refractivity contribution in [1.29, 1.82) is 0 Å². The van der Waals surface area contributed by atoms with Crippen molar-refractivity contribution in [2.24, 2.45) is 5.92 Å². The highest BCUT2D eigenvalue weighted by molar-refractivity contribution is 5.94. The van der Waals surface area contributed by atoms with Crippen LogP contribution in [-0.2, 0) is 0 Å². The number of amides is 1. The fourth-order valence-electron chi connectivity index (χ4n) is 5.20. The molecular weight excluding hydrogens is 446 g/mol. The van der Waals surface area contributed by atoms with Crippen LogP contribution >= 0.6 is 0 Å². The molecule has 4 rings (SSSR count). The van der Waals surface area contributed by atoms with Crippen molar-refractivity contribution in [2.75, 3.05) is 7.05 Å². The average Bonchev–Trinajstić information content (AvgIpc) is 2.94. The van der Waals surface area contributed by atoms with Crippen molar-refractivity contribution in [3.8, 4) is 16.9 Å². The Morgan fingerprint density at radius 1 is 0.778 bits per heavy atom. The summed E-state index contributed by atoms with van der Waals surface area (Å²) in [5, 5.41) is 2.57. The number of carbonyl (C=O) groups excluding carboxylic acids is 2. The second-order valence-corrected chi connectivity index (χ2v) is 9.91. The molecule has 1 fully saturated rings. The van der Waals surface area contributed by atoms with E-state index in [0.717, 1.165) is 17.0 Å². The third-order valence-corrected chi connectivity index (χ3v) is 7.45. The highest BCUT2D eigenvalue weighted by Crippen LogP contribution is 2.38. The molecule has 36 heavy (non-hydrogen) atoms. The Hall–Kier alpha value is -3.40. The number of carbonyl (C=O) groups is 2. The first kappa shape index (κ1) is 25.7. The number of hydrogen-bond donors (Lipinski definition) is 1. The Labute approximate surface area is 215 Å². The van der Waals surface area contributed by atoms with Gasteiger partial charge in [-0.05, 0) is 90.6 Å². The third-order valence-electron chi connectivity index (χ3n) is 7.45. The van der Waals surface area contributed by atoms with E-state index in [0.29, 0.717) is 22.8 Å². The van der Waals surface area contributed by atoms with E-state index in [1.165, 1.54) is 56.9 Å². The maximum atomic E-state index is 12.6. The molecule has 0 bridgehead atoms. The number of nitrogens with one attached hydrogen (secondary N) is 1. The molecule has 4 heteroatoms. The fraction of sp³-hybridized carbons (Fsp3) is 0.375. The molecule has 1 N–H and O–H groups in total. The van der Waals surface area contributed by atoms with Crippen molar-refractivity contribution < 1.29 is 14.3 Å². The van der Waals surface area contributed by atoms with Gasteiger partial charge in [-0.15, -0.1) is 0 Å². The number of unbranched alkanes of at least 4 members (excludes halogenated alkanes) is 2. The maximum absolute atomic E-state index is 12.6. The van der Waals surface area contributed by atoms with Crippen LogP contribution < -0.4 is 10.1 Å². The summed E-state index contributed by atoms with van der Waals surface area (Å²) in [5.74, 6) is 1.42. The van der Waals surface area contributed by atoms with Gasteiger partial charge in [-0.3, -0.25) is 4.79 Å². The minimum absolute atomic E-state index is 0.179. The molecule has 3 aromatic carbocycles. The Balaban J connectivity index is 1.31. The van der Waals surface area contributed by atoms with Crippen LogP contribution in [0.3, 0.4) is 0 Å². The lowest BCUT2D eigenvalue weighted by molar-refractivity contribution is 0.0734. The topological polar surface area (TPSA) is 55.4 Å². The van der Waals surface area contributed by atoms with Crippen molar-refractivity contribution in [3.63, 3.8) is 0 Å². The highest BCUT2D eigenvalue weighted by atomic mass is 16.5. The van der Waals surface area contributed by atoms with Crippen LogP contribution in [0.2, 0.25) is 0 Å². The molecule has 1 aliphatic carbocycles. The van der Waals surface area contributed by atoms with Gasteiger partial charge in [0, 0.05) is 12.6 Å². The molecule has 3 aromatic rings. The average molecular weight is 484 g/mol. The van der Waals surface area contributed by atoms with Gasteiger partial charge >= 0.3 is 5.97 Å². The molecule has 0 radical (unpaired) electrons. The molecule has 1 saturated carbocycles. The molecule has 188 valence electrons. The van der Waals surface area contributed by atoms with Crippen molar-refractivity contribution in [3.05, 3.63) is 89.5 Å². The lowest BCUT2D eigenvalue weighted by Crippen LogP contribution is -2.17. The predicted octanol–water partition coefficient (Wildman–Crippen LogP) is 7.79. The summed E-state index contributed by atoms with van der Waals surface area (Å²) >= 11 is 0. The monoisotopic (exact) mass is 483 g/mol. The van der Waals surface area contributed by atoms with E-state index in [9.17, 15) is 9.59 Å². The van der Waals surface area contributed by atoms with Gasteiger partial charge in [-0.2, -0.15) is 0 Å². The van der Waals surface area contributed by atoms with E-state index < -0.39 is 5.97 Å². The smallest absolute Gasteiger partial charge is 0.343 e. The third kappa shape index (κ3) is 6.63. The Morgan fingerprint density at radius 2 is 1.36 bits per heavy atom. The van der Waals surface area contributed by atoms with Gasteiger partial charge in [0.2, 0.25) is 0 Å². The van der Waals surface area contributed by atoms with Gasteiger partial charge in [-0.1, -0.05) is 69.0 Å². The first-order chi connectivity index (χ1) is 17.6. The van der Waals surface area contributed by atoms with Crippen LogP contribution in [0.15, 0.2) is 72.8 Å². The molecule has 1 amide bonds. The van der Waals surface area contributed by atoms with Gasteiger partial charge in [0.05, 0.1) is 5.56 Å². The summed E-state index contributed by atoms with van der Waals surface area (Å²) in [6.45, 7) is 2.28. The van der Waals surface area contributed by atoms with Crippen LogP contribution in [0.1, 0.15) is 90.5 Å². The number of ether oxygens (including phenoxy) is 1. The summed E-state index contributed by atoms with van der Waals surface area (Å²) in [7, 11) is 1.58. The zero-order valence-electron chi connectivity index (χ0n) is 21.5. The summed E-state index contributed by atoms with van der Waals surface area (Å²) in [4.78, 5) is 24.2. The number of benzene rings is 3. The van der Waals surface area contributed by atoms with Crippen LogP contribution in [0.4, 0.5) is 0 Å². The van der Waals surface area contributed by atoms with Gasteiger partial charge in [-0.25, -0.2) is 4.79 Å². The van der Waals surface area contributed by atoms with Crippen molar-refractivity contribution >= 4 is 11.9 Å². The molecule has 0 spiro atoms. The van der Waals surface area contributed by atoms with Crippen molar-refractivity contribution in [2.45, 2.75) is 64.2 Å². The Morgan fingerprint density at radius 3 is 1.94 bits per heavy atom. The second-order valence-electron chi connectivity index (χ2n) is 9.91. The molecule has 1 aliphatic rings. The van der Waals surface area contributed by atoms with Crippen LogP contribution in [0.5, 0.6) is 5.75 Å². The van der Waals surface area contributed by atoms with Crippen LogP contribution in [0, 0.1) is 5.92 Å². The minimum Gasteiger partial charge on any atom is -0.423 e. The van der Waals surface area contributed by atoms with Gasteiger partial charge in [0.25, 0.3) is 5.91 Å². The quantitative estimate of drug-likeness (QED) is 0.192. The molecule has 0 saturated heterocycles. The summed E-state index contributed by atoms with van der Waals surface area (Å²) in [5.41, 5.74) is 4.68.